The summed E-state index contributed by atoms with van der Waals surface area (Å²) < 4.78 is 0. The largest absolute Gasteiger partial charge is 0.303 e. The second-order valence-electron chi connectivity index (χ2n) is 7.26. The molecule has 0 heterocycles. The second kappa shape index (κ2) is 15.7. The normalized spacial score (nSPS) is 11.3. The van der Waals surface area contributed by atoms with Crippen molar-refractivity contribution in [3.8, 4) is 0 Å². The number of hydrogen-bond acceptors (Lipinski definition) is 1. The summed E-state index contributed by atoms with van der Waals surface area (Å²) >= 11 is 0. The summed E-state index contributed by atoms with van der Waals surface area (Å²) in [5.41, 5.74) is 1.48. The van der Waals surface area contributed by atoms with Gasteiger partial charge in [0.15, 0.2) is 0 Å². The summed E-state index contributed by atoms with van der Waals surface area (Å²) in [7, 11) is 0. The van der Waals surface area contributed by atoms with Crippen molar-refractivity contribution in [3.63, 3.8) is 0 Å². The number of hydrogen-bond donors (Lipinski definition) is 0. The van der Waals surface area contributed by atoms with Gasteiger partial charge in [-0.1, -0.05) is 102 Å². The summed E-state index contributed by atoms with van der Waals surface area (Å²) in [6.45, 7) is 8.42. The van der Waals surface area contributed by atoms with Crippen molar-refractivity contribution in [1.29, 1.82) is 0 Å². The Kier molecular flexibility index (Phi) is 13.9. The molecule has 0 radical (unpaired) electrons. The van der Waals surface area contributed by atoms with Gasteiger partial charge in [0.05, 0.1) is 0 Å². The van der Waals surface area contributed by atoms with Gasteiger partial charge < -0.3 is 4.90 Å². The van der Waals surface area contributed by atoms with Gasteiger partial charge in [0, 0.05) is 6.54 Å². The quantitative estimate of drug-likeness (QED) is 0.299. The van der Waals surface area contributed by atoms with Gasteiger partial charge in [-0.05, 0) is 37.9 Å². The molecule has 0 aliphatic carbocycles. The third kappa shape index (κ3) is 11.7. The first-order valence-corrected chi connectivity index (χ1v) is 10.6. The fourth-order valence-corrected chi connectivity index (χ4v) is 3.32. The van der Waals surface area contributed by atoms with Gasteiger partial charge in [-0.2, -0.15) is 0 Å². The van der Waals surface area contributed by atoms with Crippen LogP contribution in [0.25, 0.3) is 0 Å². The molecule has 0 saturated carbocycles. The Morgan fingerprint density at radius 2 is 1.08 bits per heavy atom. The fourth-order valence-electron chi connectivity index (χ4n) is 3.32. The van der Waals surface area contributed by atoms with Gasteiger partial charge in [-0.3, -0.25) is 0 Å². The van der Waals surface area contributed by atoms with Crippen LogP contribution in [0.4, 0.5) is 0 Å². The molecule has 0 atom stereocenters. The lowest BCUT2D eigenvalue weighted by Crippen LogP contribution is -2.28. The Morgan fingerprint density at radius 1 is 0.583 bits per heavy atom. The van der Waals surface area contributed by atoms with Crippen LogP contribution >= 0.6 is 0 Å². The molecule has 0 aromatic heterocycles. The molecule has 0 spiro atoms. The molecule has 1 nitrogen and oxygen atoms in total. The highest BCUT2D eigenvalue weighted by Crippen LogP contribution is 2.09. The smallest absolute Gasteiger partial charge is 0.00218 e. The first-order valence-electron chi connectivity index (χ1n) is 10.6. The van der Waals surface area contributed by atoms with Crippen molar-refractivity contribution in [2.24, 2.45) is 0 Å². The van der Waals surface area contributed by atoms with Gasteiger partial charge >= 0.3 is 0 Å². The number of nitrogens with zero attached hydrogens (tertiary/aromatic N) is 1. The average molecular weight is 332 g/mol. The third-order valence-corrected chi connectivity index (χ3v) is 4.97. The van der Waals surface area contributed by atoms with Gasteiger partial charge in [-0.25, -0.2) is 0 Å². The standard InChI is InChI=1S/C23H41N/c1-3-5-7-9-11-16-21-24(20-15-10-8-6-4-2)22-19-23-17-13-12-14-18-23/h12-14,17-18H,3-11,15-16,19-22H2,1-2H3. The molecule has 0 unspecified atom stereocenters. The molecule has 0 aliphatic heterocycles. The van der Waals surface area contributed by atoms with E-state index in [1.807, 2.05) is 0 Å². The van der Waals surface area contributed by atoms with E-state index in [4.69, 9.17) is 0 Å². The van der Waals surface area contributed by atoms with Gasteiger partial charge in [-0.15, -0.1) is 0 Å². The molecule has 1 heteroatoms. The van der Waals surface area contributed by atoms with Crippen molar-refractivity contribution in [1.82, 2.24) is 4.90 Å². The van der Waals surface area contributed by atoms with Crippen molar-refractivity contribution >= 4 is 0 Å². The molecule has 1 rings (SSSR count). The molecule has 0 aliphatic rings. The Hall–Kier alpha value is -0.820. The monoisotopic (exact) mass is 331 g/mol. The average Bonchev–Trinajstić information content (AvgIpc) is 2.62. The molecule has 0 saturated heterocycles. The molecule has 1 aromatic carbocycles. The predicted octanol–water partition coefficient (Wildman–Crippen LogP) is 6.86. The van der Waals surface area contributed by atoms with Crippen LogP contribution in [-0.2, 0) is 6.42 Å². The fraction of sp³-hybridized carbons (Fsp3) is 0.739. The molecular weight excluding hydrogens is 290 g/mol. The zero-order chi connectivity index (χ0) is 17.3. The van der Waals surface area contributed by atoms with Crippen molar-refractivity contribution in [2.75, 3.05) is 19.6 Å². The number of benzene rings is 1. The van der Waals surface area contributed by atoms with Gasteiger partial charge in [0.2, 0.25) is 0 Å². The van der Waals surface area contributed by atoms with E-state index in [0.717, 1.165) is 0 Å². The molecule has 0 N–H and O–H groups in total. The lowest BCUT2D eigenvalue weighted by atomic mass is 10.1. The maximum Gasteiger partial charge on any atom is 0.00218 e. The van der Waals surface area contributed by atoms with E-state index in [-0.39, 0.29) is 0 Å². The number of unbranched alkanes of at least 4 members (excludes halogenated alkanes) is 9. The summed E-state index contributed by atoms with van der Waals surface area (Å²) in [5.74, 6) is 0. The summed E-state index contributed by atoms with van der Waals surface area (Å²) in [6.07, 6.45) is 16.6. The van der Waals surface area contributed by atoms with E-state index < -0.39 is 0 Å². The van der Waals surface area contributed by atoms with Crippen LogP contribution in [0.15, 0.2) is 30.3 Å². The van der Waals surface area contributed by atoms with E-state index in [2.05, 4.69) is 49.1 Å². The SMILES string of the molecule is CCCCCCCCN(CCCCCCC)CCc1ccccc1. The number of rotatable bonds is 16. The first-order chi connectivity index (χ1) is 11.9. The van der Waals surface area contributed by atoms with Crippen LogP contribution in [0, 0.1) is 0 Å². The van der Waals surface area contributed by atoms with Crippen LogP contribution < -0.4 is 0 Å². The van der Waals surface area contributed by atoms with Gasteiger partial charge in [0.25, 0.3) is 0 Å². The van der Waals surface area contributed by atoms with Crippen LogP contribution in [0.5, 0.6) is 0 Å². The highest BCUT2D eigenvalue weighted by molar-refractivity contribution is 5.14. The van der Waals surface area contributed by atoms with E-state index in [0.29, 0.717) is 0 Å². The van der Waals surface area contributed by atoms with Crippen LogP contribution in [-0.4, -0.2) is 24.5 Å². The first kappa shape index (κ1) is 21.2. The molecule has 0 amide bonds. The Morgan fingerprint density at radius 3 is 1.62 bits per heavy atom. The summed E-state index contributed by atoms with van der Waals surface area (Å²) in [6, 6.07) is 11.0. The van der Waals surface area contributed by atoms with Crippen molar-refractivity contribution in [3.05, 3.63) is 35.9 Å². The lowest BCUT2D eigenvalue weighted by Gasteiger charge is -2.22. The molecule has 1 aromatic rings. The maximum atomic E-state index is 2.72. The molecule has 138 valence electrons. The van der Waals surface area contributed by atoms with E-state index in [1.54, 1.807) is 0 Å². The molecule has 0 bridgehead atoms. The van der Waals surface area contributed by atoms with E-state index >= 15 is 0 Å². The highest BCUT2D eigenvalue weighted by Gasteiger charge is 2.05. The predicted molar refractivity (Wildman–Crippen MR) is 109 cm³/mol. The van der Waals surface area contributed by atoms with Crippen LogP contribution in [0.1, 0.15) is 90.0 Å². The minimum Gasteiger partial charge on any atom is -0.303 e. The molecular formula is C23H41N. The second-order valence-corrected chi connectivity index (χ2v) is 7.26. The van der Waals surface area contributed by atoms with E-state index in [9.17, 15) is 0 Å². The Bertz CT molecular complexity index is 360. The van der Waals surface area contributed by atoms with Crippen molar-refractivity contribution < 1.29 is 0 Å². The Balaban J connectivity index is 2.23. The zero-order valence-corrected chi connectivity index (χ0v) is 16.4. The molecule has 0 fully saturated rings. The zero-order valence-electron chi connectivity index (χ0n) is 16.4. The minimum atomic E-state index is 1.20. The summed E-state index contributed by atoms with van der Waals surface area (Å²) in [5, 5.41) is 0. The highest BCUT2D eigenvalue weighted by atomic mass is 15.1. The maximum absolute atomic E-state index is 2.72. The van der Waals surface area contributed by atoms with Crippen LogP contribution in [0.3, 0.4) is 0 Å². The topological polar surface area (TPSA) is 3.24 Å². The van der Waals surface area contributed by atoms with Crippen LogP contribution in [0.2, 0.25) is 0 Å². The molecule has 24 heavy (non-hydrogen) atoms. The van der Waals surface area contributed by atoms with E-state index in [1.165, 1.54) is 102 Å². The van der Waals surface area contributed by atoms with Gasteiger partial charge in [0.1, 0.15) is 0 Å². The lowest BCUT2D eigenvalue weighted by molar-refractivity contribution is 0.263. The summed E-state index contributed by atoms with van der Waals surface area (Å²) in [4.78, 5) is 2.72. The third-order valence-electron chi connectivity index (χ3n) is 4.97. The minimum absolute atomic E-state index is 1.20. The Labute approximate surface area is 151 Å². The van der Waals surface area contributed by atoms with Crippen molar-refractivity contribution in [2.45, 2.75) is 90.9 Å².